The van der Waals surface area contributed by atoms with Crippen molar-refractivity contribution in [1.82, 2.24) is 0 Å². The fourth-order valence-corrected chi connectivity index (χ4v) is 0.739. The molecule has 0 atom stereocenters. The van der Waals surface area contributed by atoms with Gasteiger partial charge in [0.05, 0.1) is 0 Å². The quantitative estimate of drug-likeness (QED) is 0.510. The molecule has 0 rings (SSSR count). The number of hydrogen-bond donors (Lipinski definition) is 1. The van der Waals surface area contributed by atoms with Gasteiger partial charge < -0.3 is 9.86 Å². The van der Waals surface area contributed by atoms with Crippen LogP contribution in [0.1, 0.15) is 13.3 Å². The van der Waals surface area contributed by atoms with Crippen LogP contribution in [0.25, 0.3) is 0 Å². The highest BCUT2D eigenvalue weighted by molar-refractivity contribution is 6.38. The van der Waals surface area contributed by atoms with Gasteiger partial charge in [0.1, 0.15) is 0 Å². The van der Waals surface area contributed by atoms with Crippen molar-refractivity contribution in [2.24, 2.45) is 5.40 Å². The Morgan fingerprint density at radius 3 is 2.33 bits per heavy atom. The van der Waals surface area contributed by atoms with Crippen LogP contribution in [-0.4, -0.2) is 8.84 Å². The number of hydrogen-bond acceptors (Lipinski definition) is 1. The summed E-state index contributed by atoms with van der Waals surface area (Å²) >= 11 is 0. The van der Waals surface area contributed by atoms with Crippen LogP contribution in [0.2, 0.25) is 6.04 Å². The summed E-state index contributed by atoms with van der Waals surface area (Å²) in [5, 5.41) is 4.95. The molecule has 0 aliphatic heterocycles. The predicted molar refractivity (Wildman–Crippen MR) is 25.7 cm³/mol. The van der Waals surface area contributed by atoms with Gasteiger partial charge in [-0.3, -0.25) is 0 Å². The van der Waals surface area contributed by atoms with E-state index in [4.69, 9.17) is 5.40 Å². The van der Waals surface area contributed by atoms with Crippen molar-refractivity contribution < 1.29 is 4.46 Å². The third-order valence-corrected chi connectivity index (χ3v) is 1.49. The van der Waals surface area contributed by atoms with Gasteiger partial charge in [-0.2, -0.15) is 0 Å². The van der Waals surface area contributed by atoms with Gasteiger partial charge in [-0.25, -0.2) is 0 Å². The molecule has 0 bridgehead atoms. The molecule has 0 saturated heterocycles. The Balaban J connectivity index is 2.83. The van der Waals surface area contributed by atoms with E-state index in [1.54, 1.807) is 0 Å². The summed E-state index contributed by atoms with van der Waals surface area (Å²) in [5.41, 5.74) is 0. The molecule has 0 aromatic rings. The van der Waals surface area contributed by atoms with Crippen molar-refractivity contribution in [2.75, 3.05) is 0 Å². The Labute approximate surface area is 39.1 Å². The summed E-state index contributed by atoms with van der Waals surface area (Å²) in [7, 11) is -1.64. The molecule has 0 aromatic heterocycles. The van der Waals surface area contributed by atoms with Gasteiger partial charge in [-0.15, -0.1) is 0 Å². The molecular weight excluding hydrogens is 94.1 g/mol. The predicted octanol–water partition coefficient (Wildman–Crippen LogP) is 0.274. The maximum absolute atomic E-state index is 10.0. The van der Waals surface area contributed by atoms with Crippen molar-refractivity contribution in [2.45, 2.75) is 19.4 Å². The van der Waals surface area contributed by atoms with Crippen LogP contribution in [-0.2, 0) is 4.46 Å². The largest absolute Gasteiger partial charge is 0.403 e. The van der Waals surface area contributed by atoms with E-state index in [2.05, 4.69) is 0 Å². The lowest BCUT2D eigenvalue weighted by atomic mass is 10.6. The first-order valence-corrected chi connectivity index (χ1v) is 3.75. The highest BCUT2D eigenvalue weighted by atomic mass is 28.3. The number of rotatable bonds is 2. The maximum atomic E-state index is 10.0. The van der Waals surface area contributed by atoms with Gasteiger partial charge >= 0.3 is 8.84 Å². The van der Waals surface area contributed by atoms with Gasteiger partial charge in [0.25, 0.3) is 0 Å². The Kier molecular flexibility index (Phi) is 2.93. The minimum Gasteiger partial charge on any atom is -0.403 e. The van der Waals surface area contributed by atoms with Crippen LogP contribution in [0, 0.1) is 0 Å². The van der Waals surface area contributed by atoms with Crippen LogP contribution in [0.3, 0.4) is 0 Å². The fourth-order valence-electron chi connectivity index (χ4n) is 0.246. The molecule has 0 fully saturated rings. The van der Waals surface area contributed by atoms with E-state index in [0.29, 0.717) is 6.04 Å². The van der Waals surface area contributed by atoms with E-state index < -0.39 is 8.84 Å². The fraction of sp³-hybridized carbons (Fsp3) is 1.00. The van der Waals surface area contributed by atoms with E-state index in [1.807, 2.05) is 6.92 Å². The molecular formula is C3H9NOSi. The second kappa shape index (κ2) is 3.02. The molecule has 0 unspecified atom stereocenters. The van der Waals surface area contributed by atoms with Crippen LogP contribution < -0.4 is 5.40 Å². The molecule has 0 radical (unpaired) electrons. The maximum Gasteiger partial charge on any atom is 0.389 e. The molecule has 0 spiro atoms. The van der Waals surface area contributed by atoms with Gasteiger partial charge in [-0.1, -0.05) is 13.3 Å². The average Bonchev–Trinajstić information content (AvgIpc) is 1.35. The molecule has 6 heavy (non-hydrogen) atoms. The second-order valence-electron chi connectivity index (χ2n) is 1.22. The lowest BCUT2D eigenvalue weighted by molar-refractivity contribution is 0.559. The van der Waals surface area contributed by atoms with Gasteiger partial charge in [0, 0.05) is 6.04 Å². The zero-order chi connectivity index (χ0) is 4.99. The van der Waals surface area contributed by atoms with Crippen molar-refractivity contribution in [3.63, 3.8) is 0 Å². The van der Waals surface area contributed by atoms with E-state index in [1.165, 1.54) is 0 Å². The van der Waals surface area contributed by atoms with Gasteiger partial charge in [-0.05, 0) is 0 Å². The minimum atomic E-state index is -1.64. The Morgan fingerprint density at radius 1 is 1.83 bits per heavy atom. The highest BCUT2D eigenvalue weighted by Crippen LogP contribution is 1.80. The van der Waals surface area contributed by atoms with E-state index in [9.17, 15) is 4.46 Å². The summed E-state index contributed by atoms with van der Waals surface area (Å²) in [6.45, 7) is 1.97. The third-order valence-electron chi connectivity index (χ3n) is 0.496. The lowest BCUT2D eigenvalue weighted by Gasteiger charge is -1.78. The highest BCUT2D eigenvalue weighted by Gasteiger charge is 1.89. The first-order valence-electron chi connectivity index (χ1n) is 2.05. The van der Waals surface area contributed by atoms with Gasteiger partial charge in [0.2, 0.25) is 0 Å². The Morgan fingerprint density at radius 2 is 2.33 bits per heavy atom. The molecule has 0 aromatic carbocycles. The summed E-state index contributed by atoms with van der Waals surface area (Å²) < 4.78 is 10.0. The zero-order valence-electron chi connectivity index (χ0n) is 3.90. The van der Waals surface area contributed by atoms with Crippen molar-refractivity contribution >= 4 is 8.84 Å². The molecule has 36 valence electrons. The van der Waals surface area contributed by atoms with E-state index >= 15 is 0 Å². The van der Waals surface area contributed by atoms with Crippen LogP contribution >= 0.6 is 0 Å². The summed E-state index contributed by atoms with van der Waals surface area (Å²) in [6, 6.07) is 0.699. The van der Waals surface area contributed by atoms with Crippen LogP contribution in [0.15, 0.2) is 0 Å². The zero-order valence-corrected chi connectivity index (χ0v) is 4.90. The second-order valence-corrected chi connectivity index (χ2v) is 2.65. The lowest BCUT2D eigenvalue weighted by Crippen LogP contribution is -2.11. The van der Waals surface area contributed by atoms with Crippen LogP contribution in [0.4, 0.5) is 0 Å². The van der Waals surface area contributed by atoms with Gasteiger partial charge in [0.15, 0.2) is 0 Å². The molecule has 0 amide bonds. The smallest absolute Gasteiger partial charge is 0.389 e. The average molecular weight is 103 g/mol. The normalized spacial score (nSPS) is 8.17. The molecule has 0 aliphatic carbocycles. The summed E-state index contributed by atoms with van der Waals surface area (Å²) in [6.07, 6.45) is 0.939. The molecule has 0 aliphatic rings. The SMILES string of the molecule is CCC[Si](N)=O. The molecule has 0 heterocycles. The molecule has 3 heteroatoms. The number of nitrogens with two attached hydrogens (primary N) is 1. The van der Waals surface area contributed by atoms with Crippen LogP contribution in [0.5, 0.6) is 0 Å². The van der Waals surface area contributed by atoms with E-state index in [-0.39, 0.29) is 0 Å². The van der Waals surface area contributed by atoms with Crippen molar-refractivity contribution in [3.8, 4) is 0 Å². The standard InChI is InChI=1S/C3H9NOSi/c1-2-3-6(4)5/h2-4H2,1H3. The first kappa shape index (κ1) is 5.82. The minimum absolute atomic E-state index is 0.699. The monoisotopic (exact) mass is 103 g/mol. The Hall–Kier alpha value is -0.183. The molecule has 0 saturated carbocycles. The van der Waals surface area contributed by atoms with Crippen molar-refractivity contribution in [1.29, 1.82) is 0 Å². The topological polar surface area (TPSA) is 43.1 Å². The summed E-state index contributed by atoms with van der Waals surface area (Å²) in [4.78, 5) is 0. The summed E-state index contributed by atoms with van der Waals surface area (Å²) in [5.74, 6) is 0. The Bertz CT molecular complexity index is 54.8. The van der Waals surface area contributed by atoms with Crippen molar-refractivity contribution in [3.05, 3.63) is 0 Å². The first-order chi connectivity index (χ1) is 2.77. The molecule has 2 N–H and O–H groups in total. The molecule has 2 nitrogen and oxygen atoms in total. The van der Waals surface area contributed by atoms with E-state index in [0.717, 1.165) is 6.42 Å². The third kappa shape index (κ3) is 3.82.